The Morgan fingerprint density at radius 2 is 1.94 bits per heavy atom. The molecular weight excluding hydrogens is 432 g/mol. The van der Waals surface area contributed by atoms with Gasteiger partial charge in [0, 0.05) is 54.4 Å². The van der Waals surface area contributed by atoms with E-state index in [4.69, 9.17) is 0 Å². The number of benzene rings is 1. The summed E-state index contributed by atoms with van der Waals surface area (Å²) in [6.45, 7) is 2.71. The molecule has 0 radical (unpaired) electrons. The van der Waals surface area contributed by atoms with Crippen LogP contribution in [0, 0.1) is 0 Å². The molecule has 2 N–H and O–H groups in total. The zero-order valence-electron chi connectivity index (χ0n) is 18.7. The van der Waals surface area contributed by atoms with Gasteiger partial charge in [0.25, 0.3) is 5.91 Å². The number of carbonyl (C=O) groups excluding carboxylic acids is 2. The van der Waals surface area contributed by atoms with Crippen molar-refractivity contribution in [2.24, 2.45) is 0 Å². The third-order valence-electron chi connectivity index (χ3n) is 5.85. The van der Waals surface area contributed by atoms with Crippen LogP contribution < -0.4 is 10.6 Å². The van der Waals surface area contributed by atoms with Gasteiger partial charge in [-0.3, -0.25) is 19.5 Å². The minimum Gasteiger partial charge on any atom is -0.349 e. The number of hydrogen-bond donors (Lipinski definition) is 2. The van der Waals surface area contributed by atoms with E-state index < -0.39 is 0 Å². The summed E-state index contributed by atoms with van der Waals surface area (Å²) < 4.78 is 0. The highest BCUT2D eigenvalue weighted by molar-refractivity contribution is 7.09. The highest BCUT2D eigenvalue weighted by Crippen LogP contribution is 2.16. The summed E-state index contributed by atoms with van der Waals surface area (Å²) >= 11 is 1.72. The monoisotopic (exact) mass is 462 g/mol. The van der Waals surface area contributed by atoms with Crippen molar-refractivity contribution in [3.8, 4) is 0 Å². The lowest BCUT2D eigenvalue weighted by molar-refractivity contribution is -0.116. The Labute approximate surface area is 199 Å². The fraction of sp³-hybridized carbons (Fsp3) is 0.346. The smallest absolute Gasteiger partial charge is 0.251 e. The average Bonchev–Trinajstić information content (AvgIpc) is 3.35. The number of carbonyl (C=O) groups is 2. The molecule has 0 saturated carbocycles. The summed E-state index contributed by atoms with van der Waals surface area (Å²) in [6, 6.07) is 17.4. The summed E-state index contributed by atoms with van der Waals surface area (Å²) in [4.78, 5) is 33.1. The Morgan fingerprint density at radius 3 is 2.70 bits per heavy atom. The molecule has 1 aliphatic heterocycles. The zero-order chi connectivity index (χ0) is 22.9. The number of aromatic nitrogens is 1. The molecule has 4 rings (SSSR count). The molecule has 2 aromatic heterocycles. The van der Waals surface area contributed by atoms with Gasteiger partial charge in [-0.1, -0.05) is 18.2 Å². The van der Waals surface area contributed by atoms with Crippen LogP contribution in [-0.4, -0.2) is 40.8 Å². The first kappa shape index (κ1) is 23.1. The van der Waals surface area contributed by atoms with Crippen LogP contribution in [0.15, 0.2) is 66.2 Å². The topological polar surface area (TPSA) is 74.3 Å². The predicted molar refractivity (Wildman–Crippen MR) is 132 cm³/mol. The number of amides is 2. The first-order valence-electron chi connectivity index (χ1n) is 11.5. The van der Waals surface area contributed by atoms with Crippen molar-refractivity contribution in [1.82, 2.24) is 15.2 Å². The van der Waals surface area contributed by atoms with Crippen molar-refractivity contribution in [3.05, 3.63) is 82.3 Å². The van der Waals surface area contributed by atoms with Gasteiger partial charge in [-0.2, -0.15) is 0 Å². The summed E-state index contributed by atoms with van der Waals surface area (Å²) in [5.41, 5.74) is 2.31. The number of thiophene rings is 1. The summed E-state index contributed by atoms with van der Waals surface area (Å²) in [6.07, 6.45) is 5.84. The molecule has 172 valence electrons. The Balaban J connectivity index is 1.21. The van der Waals surface area contributed by atoms with E-state index in [2.05, 4.69) is 32.0 Å². The molecular formula is C26H30N4O2S. The van der Waals surface area contributed by atoms with E-state index >= 15 is 0 Å². The largest absolute Gasteiger partial charge is 0.349 e. The van der Waals surface area contributed by atoms with Gasteiger partial charge in [-0.05, 0) is 67.5 Å². The van der Waals surface area contributed by atoms with Gasteiger partial charge in [-0.15, -0.1) is 11.3 Å². The van der Waals surface area contributed by atoms with Gasteiger partial charge in [-0.25, -0.2) is 0 Å². The van der Waals surface area contributed by atoms with Crippen LogP contribution in [0.25, 0.3) is 0 Å². The Morgan fingerprint density at radius 1 is 1.06 bits per heavy atom. The number of likely N-dealkylation sites (tertiary alicyclic amines) is 1. The lowest BCUT2D eigenvalue weighted by Crippen LogP contribution is -2.44. The molecule has 6 nitrogen and oxygen atoms in total. The van der Waals surface area contributed by atoms with Crippen LogP contribution in [0.1, 0.15) is 46.6 Å². The van der Waals surface area contributed by atoms with Gasteiger partial charge >= 0.3 is 0 Å². The van der Waals surface area contributed by atoms with Gasteiger partial charge in [0.15, 0.2) is 0 Å². The molecule has 1 aliphatic rings. The second-order valence-corrected chi connectivity index (χ2v) is 9.44. The molecule has 0 unspecified atom stereocenters. The predicted octanol–water partition coefficient (Wildman–Crippen LogP) is 4.50. The van der Waals surface area contributed by atoms with Crippen molar-refractivity contribution in [3.63, 3.8) is 0 Å². The maximum atomic E-state index is 12.8. The van der Waals surface area contributed by atoms with E-state index in [-0.39, 0.29) is 17.9 Å². The van der Waals surface area contributed by atoms with Crippen LogP contribution in [0.5, 0.6) is 0 Å². The second-order valence-electron chi connectivity index (χ2n) is 8.41. The van der Waals surface area contributed by atoms with Crippen LogP contribution in [0.3, 0.4) is 0 Å². The van der Waals surface area contributed by atoms with E-state index in [1.807, 2.05) is 42.6 Å². The van der Waals surface area contributed by atoms with Gasteiger partial charge in [0.1, 0.15) is 0 Å². The standard InChI is InChI=1S/C26H30N4O2S/c31-25(11-4-9-24-10-5-17-33-24)28-22-8-3-6-20(18-22)26(32)29-21-12-15-30(16-13-21)19-23-7-1-2-14-27-23/h1-3,5-8,10,14,17-18,21H,4,9,11-13,15-16,19H2,(H,28,31)(H,29,32). The lowest BCUT2D eigenvalue weighted by atomic mass is 10.0. The van der Waals surface area contributed by atoms with Crippen molar-refractivity contribution >= 4 is 28.8 Å². The molecule has 0 spiro atoms. The number of nitrogens with one attached hydrogen (secondary N) is 2. The number of anilines is 1. The van der Waals surface area contributed by atoms with Gasteiger partial charge in [0.05, 0.1) is 5.69 Å². The SMILES string of the molecule is O=C(CCCc1cccs1)Nc1cccc(C(=O)NC2CCN(Cc3ccccn3)CC2)c1. The molecule has 2 amide bonds. The number of nitrogens with zero attached hydrogens (tertiary/aromatic N) is 2. The summed E-state index contributed by atoms with van der Waals surface area (Å²) in [5.74, 6) is -0.114. The molecule has 3 aromatic rings. The third kappa shape index (κ3) is 7.23. The van der Waals surface area contributed by atoms with E-state index in [1.54, 1.807) is 23.5 Å². The van der Waals surface area contributed by atoms with Crippen LogP contribution in [0.4, 0.5) is 5.69 Å². The van der Waals surface area contributed by atoms with Crippen LogP contribution >= 0.6 is 11.3 Å². The fourth-order valence-corrected chi connectivity index (χ4v) is 4.82. The molecule has 3 heterocycles. The van der Waals surface area contributed by atoms with Gasteiger partial charge < -0.3 is 10.6 Å². The van der Waals surface area contributed by atoms with Gasteiger partial charge in [0.2, 0.25) is 5.91 Å². The molecule has 7 heteroatoms. The lowest BCUT2D eigenvalue weighted by Gasteiger charge is -2.32. The Kier molecular flexibility index (Phi) is 8.22. The molecule has 1 fully saturated rings. The summed E-state index contributed by atoms with van der Waals surface area (Å²) in [5, 5.41) is 8.13. The van der Waals surface area contributed by atoms with E-state index in [0.29, 0.717) is 17.7 Å². The molecule has 33 heavy (non-hydrogen) atoms. The quantitative estimate of drug-likeness (QED) is 0.491. The van der Waals surface area contributed by atoms with Crippen LogP contribution in [0.2, 0.25) is 0 Å². The van der Waals surface area contributed by atoms with Crippen LogP contribution in [-0.2, 0) is 17.8 Å². The Bertz CT molecular complexity index is 1030. The first-order chi connectivity index (χ1) is 16.2. The third-order valence-corrected chi connectivity index (χ3v) is 6.79. The molecule has 0 bridgehead atoms. The van der Waals surface area contributed by atoms with Crippen molar-refractivity contribution in [2.45, 2.75) is 44.7 Å². The van der Waals surface area contributed by atoms with E-state index in [0.717, 1.165) is 51.0 Å². The second kappa shape index (κ2) is 11.7. The maximum Gasteiger partial charge on any atom is 0.251 e. The molecule has 1 saturated heterocycles. The van der Waals surface area contributed by atoms with Crippen molar-refractivity contribution in [2.75, 3.05) is 18.4 Å². The van der Waals surface area contributed by atoms with Crippen molar-refractivity contribution in [1.29, 1.82) is 0 Å². The average molecular weight is 463 g/mol. The van der Waals surface area contributed by atoms with E-state index in [9.17, 15) is 9.59 Å². The molecule has 0 atom stereocenters. The highest BCUT2D eigenvalue weighted by Gasteiger charge is 2.21. The number of piperidine rings is 1. The minimum absolute atomic E-state index is 0.0237. The summed E-state index contributed by atoms with van der Waals surface area (Å²) in [7, 11) is 0. The number of hydrogen-bond acceptors (Lipinski definition) is 5. The number of rotatable bonds is 9. The van der Waals surface area contributed by atoms with E-state index in [1.165, 1.54) is 4.88 Å². The first-order valence-corrected chi connectivity index (χ1v) is 12.4. The number of pyridine rings is 1. The Hall–Kier alpha value is -3.03. The number of aryl methyl sites for hydroxylation is 1. The normalized spacial score (nSPS) is 14.7. The maximum absolute atomic E-state index is 12.8. The minimum atomic E-state index is -0.0908. The molecule has 1 aromatic carbocycles. The molecule has 0 aliphatic carbocycles. The highest BCUT2D eigenvalue weighted by atomic mass is 32.1. The van der Waals surface area contributed by atoms with Crippen molar-refractivity contribution < 1.29 is 9.59 Å². The zero-order valence-corrected chi connectivity index (χ0v) is 19.5. The fourth-order valence-electron chi connectivity index (χ4n) is 4.06.